The predicted octanol–water partition coefficient (Wildman–Crippen LogP) is 6.01. The first-order valence-corrected chi connectivity index (χ1v) is 9.25. The van der Waals surface area contributed by atoms with Gasteiger partial charge in [-0.25, -0.2) is 9.67 Å². The summed E-state index contributed by atoms with van der Waals surface area (Å²) in [5.41, 5.74) is 1.99. The van der Waals surface area contributed by atoms with Gasteiger partial charge in [-0.3, -0.25) is 0 Å². The number of aromatic nitrogens is 3. The molecule has 0 radical (unpaired) electrons. The molecular weight excluding hydrogens is 362 g/mol. The van der Waals surface area contributed by atoms with Gasteiger partial charge in [0.15, 0.2) is 0 Å². The number of rotatable bonds is 5. The minimum Gasteiger partial charge on any atom is -0.457 e. The Morgan fingerprint density at radius 1 is 0.655 bits per heavy atom. The molecule has 5 aromatic rings. The molecule has 140 valence electrons. The number of hydrogen-bond acceptors (Lipinski definition) is 4. The lowest BCUT2D eigenvalue weighted by molar-refractivity contribution is 0.449. The van der Waals surface area contributed by atoms with E-state index in [1.165, 1.54) is 0 Å². The highest BCUT2D eigenvalue weighted by Gasteiger charge is 2.07. The van der Waals surface area contributed by atoms with E-state index < -0.39 is 0 Å². The van der Waals surface area contributed by atoms with Crippen molar-refractivity contribution in [2.45, 2.75) is 0 Å². The molecule has 0 aliphatic carbocycles. The van der Waals surface area contributed by atoms with E-state index in [0.29, 0.717) is 17.4 Å². The Bertz CT molecular complexity index is 1270. The standard InChI is InChI=1S/C24H17N3O2/c1-2-12-23-18(7-1)17-26-27(23)19-8-5-9-20(15-19)28-21-10-6-11-22(16-21)29-24-13-3-4-14-25-24/h1-17H. The first kappa shape index (κ1) is 17.0. The van der Waals surface area contributed by atoms with Crippen LogP contribution in [0.4, 0.5) is 0 Å². The second kappa shape index (κ2) is 7.48. The monoisotopic (exact) mass is 379 g/mol. The highest BCUT2D eigenvalue weighted by molar-refractivity contribution is 5.80. The fourth-order valence-electron chi connectivity index (χ4n) is 3.12. The SMILES string of the molecule is c1ccc(Oc2cccc(Oc3cccc(-n4ncc5ccccc54)c3)c2)nc1. The van der Waals surface area contributed by atoms with E-state index in [-0.39, 0.29) is 0 Å². The third kappa shape index (κ3) is 3.66. The summed E-state index contributed by atoms with van der Waals surface area (Å²) in [6, 6.07) is 29.0. The second-order valence-electron chi connectivity index (χ2n) is 6.46. The Kier molecular flexibility index (Phi) is 4.39. The van der Waals surface area contributed by atoms with Crippen LogP contribution in [0.1, 0.15) is 0 Å². The van der Waals surface area contributed by atoms with Crippen molar-refractivity contribution in [3.05, 3.63) is 103 Å². The topological polar surface area (TPSA) is 49.2 Å². The van der Waals surface area contributed by atoms with Crippen LogP contribution in [-0.2, 0) is 0 Å². The van der Waals surface area contributed by atoms with Gasteiger partial charge in [-0.2, -0.15) is 5.10 Å². The Morgan fingerprint density at radius 2 is 1.41 bits per heavy atom. The minimum absolute atomic E-state index is 0.539. The summed E-state index contributed by atoms with van der Waals surface area (Å²) in [7, 11) is 0. The zero-order chi connectivity index (χ0) is 19.5. The second-order valence-corrected chi connectivity index (χ2v) is 6.46. The molecular formula is C24H17N3O2. The van der Waals surface area contributed by atoms with E-state index >= 15 is 0 Å². The molecule has 5 heteroatoms. The smallest absolute Gasteiger partial charge is 0.219 e. The van der Waals surface area contributed by atoms with Crippen LogP contribution >= 0.6 is 0 Å². The molecule has 0 amide bonds. The van der Waals surface area contributed by atoms with E-state index in [2.05, 4.69) is 10.1 Å². The summed E-state index contributed by atoms with van der Waals surface area (Å²) < 4.78 is 13.8. The Hall–Kier alpha value is -4.12. The maximum atomic E-state index is 6.07. The van der Waals surface area contributed by atoms with Crippen molar-refractivity contribution in [2.24, 2.45) is 0 Å². The van der Waals surface area contributed by atoms with Crippen LogP contribution in [0.25, 0.3) is 16.6 Å². The van der Waals surface area contributed by atoms with Gasteiger partial charge in [0, 0.05) is 29.8 Å². The maximum absolute atomic E-state index is 6.07. The van der Waals surface area contributed by atoms with Crippen LogP contribution < -0.4 is 9.47 Å². The molecule has 5 nitrogen and oxygen atoms in total. The molecule has 0 saturated heterocycles. The normalized spacial score (nSPS) is 10.8. The third-order valence-electron chi connectivity index (χ3n) is 4.44. The van der Waals surface area contributed by atoms with E-state index in [0.717, 1.165) is 22.3 Å². The first-order chi connectivity index (χ1) is 14.3. The minimum atomic E-state index is 0.539. The summed E-state index contributed by atoms with van der Waals surface area (Å²) >= 11 is 0. The number of nitrogens with zero attached hydrogens (tertiary/aromatic N) is 3. The summed E-state index contributed by atoms with van der Waals surface area (Å²) in [4.78, 5) is 4.18. The molecule has 0 N–H and O–H groups in total. The number of pyridine rings is 1. The van der Waals surface area contributed by atoms with Gasteiger partial charge < -0.3 is 9.47 Å². The molecule has 0 atom stereocenters. The molecule has 0 saturated carbocycles. The Balaban J connectivity index is 1.40. The van der Waals surface area contributed by atoms with Gasteiger partial charge in [0.1, 0.15) is 17.2 Å². The van der Waals surface area contributed by atoms with Crippen molar-refractivity contribution in [1.82, 2.24) is 14.8 Å². The fourth-order valence-corrected chi connectivity index (χ4v) is 3.12. The average Bonchev–Trinajstić information content (AvgIpc) is 3.19. The van der Waals surface area contributed by atoms with Crippen LogP contribution in [-0.4, -0.2) is 14.8 Å². The van der Waals surface area contributed by atoms with Crippen molar-refractivity contribution in [2.75, 3.05) is 0 Å². The molecule has 2 aromatic heterocycles. The molecule has 2 heterocycles. The zero-order valence-corrected chi connectivity index (χ0v) is 15.5. The van der Waals surface area contributed by atoms with Crippen molar-refractivity contribution in [1.29, 1.82) is 0 Å². The van der Waals surface area contributed by atoms with Crippen molar-refractivity contribution in [3.8, 4) is 28.8 Å². The van der Waals surface area contributed by atoms with Crippen LogP contribution in [0.15, 0.2) is 103 Å². The molecule has 5 rings (SSSR count). The number of benzene rings is 3. The summed E-state index contributed by atoms with van der Waals surface area (Å²) in [6.45, 7) is 0. The first-order valence-electron chi connectivity index (χ1n) is 9.25. The van der Waals surface area contributed by atoms with Gasteiger partial charge >= 0.3 is 0 Å². The maximum Gasteiger partial charge on any atom is 0.219 e. The molecule has 0 aliphatic heterocycles. The molecule has 0 bridgehead atoms. The van der Waals surface area contributed by atoms with Crippen LogP contribution in [0.5, 0.6) is 23.1 Å². The Morgan fingerprint density at radius 3 is 2.28 bits per heavy atom. The summed E-state index contributed by atoms with van der Waals surface area (Å²) in [5.74, 6) is 2.60. The Labute approximate surface area is 167 Å². The molecule has 29 heavy (non-hydrogen) atoms. The number of para-hydroxylation sites is 1. The predicted molar refractivity (Wildman–Crippen MR) is 112 cm³/mol. The summed E-state index contributed by atoms with van der Waals surface area (Å²) in [6.07, 6.45) is 3.56. The quantitative estimate of drug-likeness (QED) is 0.375. The average molecular weight is 379 g/mol. The molecule has 0 unspecified atom stereocenters. The molecule has 0 fully saturated rings. The van der Waals surface area contributed by atoms with Gasteiger partial charge in [-0.1, -0.05) is 36.4 Å². The van der Waals surface area contributed by atoms with Crippen molar-refractivity contribution >= 4 is 10.9 Å². The van der Waals surface area contributed by atoms with E-state index in [1.807, 2.05) is 102 Å². The van der Waals surface area contributed by atoms with Crippen LogP contribution in [0.3, 0.4) is 0 Å². The molecule has 0 spiro atoms. The van der Waals surface area contributed by atoms with Gasteiger partial charge in [0.25, 0.3) is 0 Å². The number of ether oxygens (including phenoxy) is 2. The lowest BCUT2D eigenvalue weighted by atomic mass is 10.2. The molecule has 0 aliphatic rings. The highest BCUT2D eigenvalue weighted by atomic mass is 16.5. The lowest BCUT2D eigenvalue weighted by Gasteiger charge is -2.10. The highest BCUT2D eigenvalue weighted by Crippen LogP contribution is 2.29. The lowest BCUT2D eigenvalue weighted by Crippen LogP contribution is -1.96. The van der Waals surface area contributed by atoms with Crippen LogP contribution in [0, 0.1) is 0 Å². The van der Waals surface area contributed by atoms with E-state index in [4.69, 9.17) is 9.47 Å². The van der Waals surface area contributed by atoms with Crippen molar-refractivity contribution < 1.29 is 9.47 Å². The summed E-state index contributed by atoms with van der Waals surface area (Å²) in [5, 5.41) is 5.60. The largest absolute Gasteiger partial charge is 0.457 e. The van der Waals surface area contributed by atoms with Gasteiger partial charge in [0.05, 0.1) is 17.4 Å². The van der Waals surface area contributed by atoms with Crippen LogP contribution in [0.2, 0.25) is 0 Å². The van der Waals surface area contributed by atoms with Gasteiger partial charge in [-0.15, -0.1) is 0 Å². The zero-order valence-electron chi connectivity index (χ0n) is 15.5. The third-order valence-corrected chi connectivity index (χ3v) is 4.44. The molecule has 3 aromatic carbocycles. The van der Waals surface area contributed by atoms with E-state index in [9.17, 15) is 0 Å². The fraction of sp³-hybridized carbons (Fsp3) is 0. The number of fused-ring (bicyclic) bond motifs is 1. The van der Waals surface area contributed by atoms with Gasteiger partial charge in [0.2, 0.25) is 5.88 Å². The number of hydrogen-bond donors (Lipinski definition) is 0. The van der Waals surface area contributed by atoms with E-state index in [1.54, 1.807) is 6.20 Å². The van der Waals surface area contributed by atoms with Gasteiger partial charge in [-0.05, 0) is 36.4 Å². The van der Waals surface area contributed by atoms with Crippen molar-refractivity contribution in [3.63, 3.8) is 0 Å².